The molecule has 0 fully saturated rings. The molecular formula is C9H9BrN2O6S. The molecule has 8 nitrogen and oxygen atoms in total. The number of sulfonamides is 1. The number of carbonyl (C=O) groups is 2. The number of aromatic carboxylic acids is 1. The Morgan fingerprint density at radius 3 is 2.53 bits per heavy atom. The minimum Gasteiger partial charge on any atom is -0.478 e. The topological polar surface area (TPSA) is 136 Å². The number of primary amides is 1. The first-order valence-electron chi connectivity index (χ1n) is 4.69. The molecule has 0 heterocycles. The lowest BCUT2D eigenvalue weighted by molar-refractivity contribution is -0.123. The molecule has 0 atom stereocenters. The van der Waals surface area contributed by atoms with Gasteiger partial charge in [0.05, 0.1) is 10.5 Å². The van der Waals surface area contributed by atoms with E-state index < -0.39 is 28.5 Å². The minimum atomic E-state index is -4.05. The SMILES string of the molecule is NC(=O)CONS(=O)(=O)c1ccc(C(=O)O)cc1Br. The summed E-state index contributed by atoms with van der Waals surface area (Å²) < 4.78 is 23.5. The van der Waals surface area contributed by atoms with Gasteiger partial charge in [-0.05, 0) is 34.1 Å². The van der Waals surface area contributed by atoms with E-state index in [0.29, 0.717) is 0 Å². The van der Waals surface area contributed by atoms with Gasteiger partial charge in [0.25, 0.3) is 10.0 Å². The predicted octanol–water partition coefficient (Wildman–Crippen LogP) is -0.157. The Bertz CT molecular complexity index is 615. The van der Waals surface area contributed by atoms with E-state index in [4.69, 9.17) is 10.8 Å². The summed E-state index contributed by atoms with van der Waals surface area (Å²) in [5, 5.41) is 8.74. The van der Waals surface area contributed by atoms with Gasteiger partial charge in [-0.25, -0.2) is 13.2 Å². The molecule has 4 N–H and O–H groups in total. The Hall–Kier alpha value is -1.49. The van der Waals surface area contributed by atoms with E-state index in [1.54, 1.807) is 4.89 Å². The fourth-order valence-electron chi connectivity index (χ4n) is 1.07. The molecule has 1 amide bonds. The quantitative estimate of drug-likeness (QED) is 0.608. The van der Waals surface area contributed by atoms with Crippen molar-refractivity contribution in [2.24, 2.45) is 5.73 Å². The molecule has 19 heavy (non-hydrogen) atoms. The summed E-state index contributed by atoms with van der Waals surface area (Å²) >= 11 is 2.94. The highest BCUT2D eigenvalue weighted by Gasteiger charge is 2.19. The van der Waals surface area contributed by atoms with E-state index in [1.807, 2.05) is 0 Å². The van der Waals surface area contributed by atoms with Crippen molar-refractivity contribution in [2.75, 3.05) is 6.61 Å². The number of amides is 1. The second-order valence-electron chi connectivity index (χ2n) is 3.29. The van der Waals surface area contributed by atoms with E-state index in [9.17, 15) is 18.0 Å². The van der Waals surface area contributed by atoms with E-state index in [0.717, 1.165) is 18.2 Å². The Labute approximate surface area is 116 Å². The third-order valence-electron chi connectivity index (χ3n) is 1.85. The number of benzene rings is 1. The van der Waals surface area contributed by atoms with Crippen LogP contribution in [0.2, 0.25) is 0 Å². The van der Waals surface area contributed by atoms with Gasteiger partial charge in [0.1, 0.15) is 6.61 Å². The number of halogens is 1. The third-order valence-corrected chi connectivity index (χ3v) is 4.04. The van der Waals surface area contributed by atoms with Gasteiger partial charge in [-0.15, -0.1) is 0 Å². The number of nitrogens with two attached hydrogens (primary N) is 1. The van der Waals surface area contributed by atoms with Crippen molar-refractivity contribution >= 4 is 37.8 Å². The van der Waals surface area contributed by atoms with Crippen molar-refractivity contribution in [1.29, 1.82) is 0 Å². The number of carbonyl (C=O) groups excluding carboxylic acids is 1. The second kappa shape index (κ2) is 6.10. The fourth-order valence-corrected chi connectivity index (χ4v) is 2.96. The maximum Gasteiger partial charge on any atom is 0.335 e. The summed E-state index contributed by atoms with van der Waals surface area (Å²) in [5.41, 5.74) is 4.69. The Morgan fingerprint density at radius 2 is 2.05 bits per heavy atom. The number of rotatable bonds is 6. The van der Waals surface area contributed by atoms with Gasteiger partial charge in [-0.1, -0.05) is 4.89 Å². The summed E-state index contributed by atoms with van der Waals surface area (Å²) in [5.74, 6) is -2.04. The zero-order valence-corrected chi connectivity index (χ0v) is 11.7. The van der Waals surface area contributed by atoms with Crippen LogP contribution in [0.3, 0.4) is 0 Å². The summed E-state index contributed by atoms with van der Waals surface area (Å²) in [6.45, 7) is -0.621. The summed E-state index contributed by atoms with van der Waals surface area (Å²) in [7, 11) is -4.05. The molecule has 0 aliphatic carbocycles. The van der Waals surface area contributed by atoms with E-state index in [-0.39, 0.29) is 14.9 Å². The Morgan fingerprint density at radius 1 is 1.42 bits per heavy atom. The van der Waals surface area contributed by atoms with Crippen LogP contribution >= 0.6 is 15.9 Å². The van der Waals surface area contributed by atoms with Crippen LogP contribution in [0, 0.1) is 0 Å². The Kier molecular flexibility index (Phi) is 5.00. The third kappa shape index (κ3) is 4.28. The molecule has 10 heteroatoms. The molecule has 0 unspecified atom stereocenters. The van der Waals surface area contributed by atoms with Crippen LogP contribution in [-0.4, -0.2) is 32.0 Å². The van der Waals surface area contributed by atoms with Gasteiger partial charge in [0.15, 0.2) is 0 Å². The molecule has 1 rings (SSSR count). The zero-order valence-electron chi connectivity index (χ0n) is 9.29. The van der Waals surface area contributed by atoms with Crippen LogP contribution in [0.15, 0.2) is 27.6 Å². The molecule has 1 aromatic rings. The molecule has 1 aromatic carbocycles. The molecule has 104 valence electrons. The molecule has 0 aromatic heterocycles. The van der Waals surface area contributed by atoms with Crippen LogP contribution in [-0.2, 0) is 19.7 Å². The lowest BCUT2D eigenvalue weighted by atomic mass is 10.2. The number of nitrogens with one attached hydrogen (secondary N) is 1. The maximum absolute atomic E-state index is 11.7. The first-order valence-corrected chi connectivity index (χ1v) is 6.96. The molecule has 0 aliphatic rings. The average Bonchev–Trinajstić information content (AvgIpc) is 2.27. The number of carboxylic acid groups (broad SMARTS) is 1. The van der Waals surface area contributed by atoms with Crippen LogP contribution in [0.4, 0.5) is 0 Å². The largest absolute Gasteiger partial charge is 0.478 e. The van der Waals surface area contributed by atoms with Crippen molar-refractivity contribution < 1.29 is 28.0 Å². The first kappa shape index (κ1) is 15.6. The highest BCUT2D eigenvalue weighted by Crippen LogP contribution is 2.23. The molecule has 0 radical (unpaired) electrons. The maximum atomic E-state index is 11.7. The van der Waals surface area contributed by atoms with Gasteiger partial charge < -0.3 is 10.8 Å². The van der Waals surface area contributed by atoms with Crippen molar-refractivity contribution in [1.82, 2.24) is 4.89 Å². The van der Waals surface area contributed by atoms with Crippen LogP contribution in [0.5, 0.6) is 0 Å². The average molecular weight is 353 g/mol. The first-order chi connectivity index (χ1) is 8.74. The van der Waals surface area contributed by atoms with Crippen molar-refractivity contribution in [3.63, 3.8) is 0 Å². The summed E-state index contributed by atoms with van der Waals surface area (Å²) in [6.07, 6.45) is 0. The van der Waals surface area contributed by atoms with Crippen molar-refractivity contribution in [3.05, 3.63) is 28.2 Å². The zero-order chi connectivity index (χ0) is 14.6. The summed E-state index contributed by atoms with van der Waals surface area (Å²) in [6, 6.07) is 3.34. The second-order valence-corrected chi connectivity index (χ2v) is 5.76. The molecule has 0 saturated carbocycles. The number of hydrogen-bond acceptors (Lipinski definition) is 5. The lowest BCUT2D eigenvalue weighted by Gasteiger charge is -2.08. The van der Waals surface area contributed by atoms with E-state index in [1.165, 1.54) is 0 Å². The number of hydrogen-bond donors (Lipinski definition) is 3. The molecule has 0 aliphatic heterocycles. The summed E-state index contributed by atoms with van der Waals surface area (Å²) in [4.78, 5) is 26.9. The molecular weight excluding hydrogens is 344 g/mol. The van der Waals surface area contributed by atoms with Crippen molar-refractivity contribution in [3.8, 4) is 0 Å². The van der Waals surface area contributed by atoms with Gasteiger partial charge in [-0.2, -0.15) is 0 Å². The van der Waals surface area contributed by atoms with Crippen LogP contribution < -0.4 is 10.6 Å². The standard InChI is InChI=1S/C9H9BrN2O6S/c10-6-3-5(9(14)15)1-2-7(6)19(16,17)12-18-4-8(11)13/h1-3,12H,4H2,(H2,11,13)(H,14,15). The van der Waals surface area contributed by atoms with E-state index in [2.05, 4.69) is 20.8 Å². The number of carboxylic acids is 1. The highest BCUT2D eigenvalue weighted by atomic mass is 79.9. The van der Waals surface area contributed by atoms with Gasteiger partial charge in [0.2, 0.25) is 5.91 Å². The predicted molar refractivity (Wildman–Crippen MR) is 66.6 cm³/mol. The van der Waals surface area contributed by atoms with Gasteiger partial charge in [0, 0.05) is 4.47 Å². The fraction of sp³-hybridized carbons (Fsp3) is 0.111. The van der Waals surface area contributed by atoms with Crippen LogP contribution in [0.25, 0.3) is 0 Å². The van der Waals surface area contributed by atoms with Crippen LogP contribution in [0.1, 0.15) is 10.4 Å². The van der Waals surface area contributed by atoms with Crippen molar-refractivity contribution in [2.45, 2.75) is 4.90 Å². The molecule has 0 spiro atoms. The van der Waals surface area contributed by atoms with Gasteiger partial charge >= 0.3 is 5.97 Å². The van der Waals surface area contributed by atoms with Gasteiger partial charge in [-0.3, -0.25) is 9.63 Å². The lowest BCUT2D eigenvalue weighted by Crippen LogP contribution is -2.29. The molecule has 0 saturated heterocycles. The highest BCUT2D eigenvalue weighted by molar-refractivity contribution is 9.10. The Balaban J connectivity index is 2.96. The normalized spacial score (nSPS) is 11.2. The molecule has 0 bridgehead atoms. The monoisotopic (exact) mass is 352 g/mol. The van der Waals surface area contributed by atoms with E-state index >= 15 is 0 Å². The smallest absolute Gasteiger partial charge is 0.335 e. The minimum absolute atomic E-state index is 0.0441.